The lowest BCUT2D eigenvalue weighted by Crippen LogP contribution is -2.51. The molecule has 6 rings (SSSR count). The van der Waals surface area contributed by atoms with Crippen LogP contribution in [-0.4, -0.2) is 36.3 Å². The van der Waals surface area contributed by atoms with E-state index < -0.39 is 0 Å². The van der Waals surface area contributed by atoms with E-state index in [1.807, 2.05) is 48.5 Å². The summed E-state index contributed by atoms with van der Waals surface area (Å²) in [6, 6.07) is 22.5. The zero-order valence-corrected chi connectivity index (χ0v) is 20.2. The van der Waals surface area contributed by atoms with Crippen LogP contribution in [0.2, 0.25) is 5.02 Å². The topological polar surface area (TPSA) is 61.4 Å². The molecular formula is C27H27Cl2N3O2. The van der Waals surface area contributed by atoms with Gasteiger partial charge in [0.15, 0.2) is 0 Å². The van der Waals surface area contributed by atoms with Gasteiger partial charge in [0.2, 0.25) is 5.91 Å². The summed E-state index contributed by atoms with van der Waals surface area (Å²) in [4.78, 5) is 27.6. The van der Waals surface area contributed by atoms with Crippen molar-refractivity contribution in [2.45, 2.75) is 12.8 Å². The fraction of sp³-hybridized carbons (Fsp3) is 0.259. The molecule has 3 heterocycles. The third-order valence-corrected chi connectivity index (χ3v) is 6.94. The largest absolute Gasteiger partial charge is 0.326 e. The molecule has 2 bridgehead atoms. The molecule has 3 aromatic rings. The number of carbonyl (C=O) groups is 2. The number of anilines is 2. The lowest BCUT2D eigenvalue weighted by Gasteiger charge is -2.43. The van der Waals surface area contributed by atoms with Crippen LogP contribution in [-0.2, 0) is 4.79 Å². The Morgan fingerprint density at radius 3 is 1.94 bits per heavy atom. The number of fused-ring (bicyclic) bond motifs is 3. The van der Waals surface area contributed by atoms with Crippen molar-refractivity contribution in [3.63, 3.8) is 0 Å². The molecule has 2 N–H and O–H groups in total. The SMILES string of the molecule is Cl.O=C(Nc1ccc(-c2ccc(NC(=O)C3CN4CCC3CC4)cc2)cc1)c1cccc(Cl)c1. The van der Waals surface area contributed by atoms with E-state index in [1.54, 1.807) is 24.3 Å². The van der Waals surface area contributed by atoms with Crippen molar-refractivity contribution < 1.29 is 9.59 Å². The quantitative estimate of drug-likeness (QED) is 0.458. The number of piperidine rings is 3. The molecule has 0 aromatic heterocycles. The van der Waals surface area contributed by atoms with Crippen LogP contribution in [0.25, 0.3) is 11.1 Å². The molecule has 0 saturated carbocycles. The predicted molar refractivity (Wildman–Crippen MR) is 140 cm³/mol. The minimum Gasteiger partial charge on any atom is -0.326 e. The molecule has 1 atom stereocenters. The average molecular weight is 496 g/mol. The lowest BCUT2D eigenvalue weighted by molar-refractivity contribution is -0.125. The Labute approximate surface area is 210 Å². The predicted octanol–water partition coefficient (Wildman–Crippen LogP) is 5.96. The van der Waals surface area contributed by atoms with Crippen LogP contribution in [0.15, 0.2) is 72.8 Å². The van der Waals surface area contributed by atoms with E-state index in [9.17, 15) is 9.59 Å². The first kappa shape index (κ1) is 24.3. The van der Waals surface area contributed by atoms with Crippen LogP contribution in [0.5, 0.6) is 0 Å². The van der Waals surface area contributed by atoms with E-state index >= 15 is 0 Å². The third kappa shape index (κ3) is 5.44. The van der Waals surface area contributed by atoms with Crippen LogP contribution < -0.4 is 10.6 Å². The van der Waals surface area contributed by atoms with Crippen molar-refractivity contribution in [2.24, 2.45) is 11.8 Å². The summed E-state index contributed by atoms with van der Waals surface area (Å²) in [6.45, 7) is 3.15. The average Bonchev–Trinajstić information content (AvgIpc) is 2.86. The molecule has 2 amide bonds. The van der Waals surface area contributed by atoms with Gasteiger partial charge in [-0.05, 0) is 85.4 Å². The van der Waals surface area contributed by atoms with Gasteiger partial charge in [-0.2, -0.15) is 0 Å². The van der Waals surface area contributed by atoms with E-state index in [1.165, 1.54) is 0 Å². The fourth-order valence-electron chi connectivity index (χ4n) is 4.82. The fourth-order valence-corrected chi connectivity index (χ4v) is 5.01. The first-order chi connectivity index (χ1) is 16.0. The van der Waals surface area contributed by atoms with Gasteiger partial charge in [0.25, 0.3) is 5.91 Å². The second-order valence-electron chi connectivity index (χ2n) is 8.85. The van der Waals surface area contributed by atoms with Crippen LogP contribution in [0.3, 0.4) is 0 Å². The highest BCUT2D eigenvalue weighted by Gasteiger charge is 2.38. The van der Waals surface area contributed by atoms with Gasteiger partial charge in [-0.1, -0.05) is 41.9 Å². The minimum atomic E-state index is -0.201. The van der Waals surface area contributed by atoms with Crippen molar-refractivity contribution in [3.8, 4) is 11.1 Å². The number of carbonyl (C=O) groups excluding carboxylic acids is 2. The maximum absolute atomic E-state index is 12.8. The highest BCUT2D eigenvalue weighted by atomic mass is 35.5. The molecule has 0 aliphatic carbocycles. The van der Waals surface area contributed by atoms with Gasteiger partial charge in [-0.15, -0.1) is 12.4 Å². The second kappa shape index (κ2) is 10.6. The van der Waals surface area contributed by atoms with Crippen molar-refractivity contribution in [2.75, 3.05) is 30.3 Å². The summed E-state index contributed by atoms with van der Waals surface area (Å²) in [7, 11) is 0. The molecule has 3 aliphatic rings. The Morgan fingerprint density at radius 2 is 1.41 bits per heavy atom. The van der Waals surface area contributed by atoms with E-state index in [0.29, 0.717) is 22.2 Å². The van der Waals surface area contributed by atoms with Gasteiger partial charge in [0.05, 0.1) is 5.92 Å². The zero-order valence-electron chi connectivity index (χ0n) is 18.7. The van der Waals surface area contributed by atoms with E-state index in [2.05, 4.69) is 15.5 Å². The molecule has 3 aliphatic heterocycles. The Hall–Kier alpha value is -2.86. The molecule has 3 aromatic carbocycles. The smallest absolute Gasteiger partial charge is 0.255 e. The van der Waals surface area contributed by atoms with E-state index in [4.69, 9.17) is 11.6 Å². The summed E-state index contributed by atoms with van der Waals surface area (Å²) in [5, 5.41) is 6.52. The highest BCUT2D eigenvalue weighted by molar-refractivity contribution is 6.31. The number of hydrogen-bond donors (Lipinski definition) is 2. The number of rotatable bonds is 5. The number of hydrogen-bond acceptors (Lipinski definition) is 3. The van der Waals surface area contributed by atoms with Crippen LogP contribution >= 0.6 is 24.0 Å². The first-order valence-electron chi connectivity index (χ1n) is 11.4. The number of halogens is 2. The van der Waals surface area contributed by atoms with Gasteiger partial charge >= 0.3 is 0 Å². The van der Waals surface area contributed by atoms with Crippen molar-refractivity contribution >= 4 is 47.2 Å². The number of nitrogens with one attached hydrogen (secondary N) is 2. The van der Waals surface area contributed by atoms with Crippen LogP contribution in [0.1, 0.15) is 23.2 Å². The lowest BCUT2D eigenvalue weighted by atomic mass is 9.78. The van der Waals surface area contributed by atoms with Crippen molar-refractivity contribution in [1.82, 2.24) is 4.90 Å². The standard InChI is InChI=1S/C27H26ClN3O2.ClH/c28-22-3-1-2-21(16-22)26(32)29-23-8-4-18(5-9-23)19-6-10-24(11-7-19)30-27(33)25-17-31-14-12-20(25)13-15-31;/h1-11,16,20,25H,12-15,17H2,(H,29,32)(H,30,33);1H. The summed E-state index contributed by atoms with van der Waals surface area (Å²) in [6.07, 6.45) is 2.26. The number of nitrogens with zero attached hydrogens (tertiary/aromatic N) is 1. The monoisotopic (exact) mass is 495 g/mol. The maximum atomic E-state index is 12.8. The molecular weight excluding hydrogens is 469 g/mol. The molecule has 5 nitrogen and oxygen atoms in total. The van der Waals surface area contributed by atoms with Crippen molar-refractivity contribution in [1.29, 1.82) is 0 Å². The molecule has 0 spiro atoms. The normalized spacial score (nSPS) is 20.8. The molecule has 1 unspecified atom stereocenters. The zero-order chi connectivity index (χ0) is 22.8. The Kier molecular flexibility index (Phi) is 7.57. The minimum absolute atomic E-state index is 0. The van der Waals surface area contributed by atoms with E-state index in [0.717, 1.165) is 49.3 Å². The molecule has 7 heteroatoms. The van der Waals surface area contributed by atoms with Crippen LogP contribution in [0, 0.1) is 11.8 Å². The van der Waals surface area contributed by atoms with Gasteiger partial charge < -0.3 is 15.5 Å². The Bertz CT molecular complexity index is 1160. The molecule has 3 saturated heterocycles. The Morgan fingerprint density at radius 1 is 0.824 bits per heavy atom. The molecule has 34 heavy (non-hydrogen) atoms. The van der Waals surface area contributed by atoms with Crippen molar-refractivity contribution in [3.05, 3.63) is 83.4 Å². The summed E-state index contributed by atoms with van der Waals surface area (Å²) in [5.41, 5.74) is 4.13. The Balaban J connectivity index is 0.00000274. The first-order valence-corrected chi connectivity index (χ1v) is 11.7. The van der Waals surface area contributed by atoms with Gasteiger partial charge in [-0.25, -0.2) is 0 Å². The van der Waals surface area contributed by atoms with E-state index in [-0.39, 0.29) is 30.1 Å². The molecule has 0 radical (unpaired) electrons. The number of amides is 2. The molecule has 176 valence electrons. The van der Waals surface area contributed by atoms with Crippen LogP contribution in [0.4, 0.5) is 11.4 Å². The summed E-state index contributed by atoms with van der Waals surface area (Å²) < 4.78 is 0. The third-order valence-electron chi connectivity index (χ3n) is 6.71. The number of benzene rings is 3. The highest BCUT2D eigenvalue weighted by Crippen LogP contribution is 2.33. The molecule has 3 fully saturated rings. The summed E-state index contributed by atoms with van der Waals surface area (Å²) in [5.74, 6) is 0.555. The van der Waals surface area contributed by atoms with Gasteiger partial charge in [-0.3, -0.25) is 9.59 Å². The van der Waals surface area contributed by atoms with Gasteiger partial charge in [0.1, 0.15) is 0 Å². The van der Waals surface area contributed by atoms with Gasteiger partial charge in [0, 0.05) is 28.5 Å². The second-order valence-corrected chi connectivity index (χ2v) is 9.29. The summed E-state index contributed by atoms with van der Waals surface area (Å²) >= 11 is 5.97. The maximum Gasteiger partial charge on any atom is 0.255 e.